The maximum atomic E-state index is 13.5. The fourth-order valence-electron chi connectivity index (χ4n) is 4.89. The third kappa shape index (κ3) is 5.14. The van der Waals surface area contributed by atoms with Gasteiger partial charge in [0.15, 0.2) is 0 Å². The molecule has 5 heteroatoms. The van der Waals surface area contributed by atoms with Crippen LogP contribution in [0.1, 0.15) is 46.0 Å². The van der Waals surface area contributed by atoms with Gasteiger partial charge in [0.05, 0.1) is 0 Å². The Morgan fingerprint density at radius 3 is 2.62 bits per heavy atom. The average molecular weight is 436 g/mol. The largest absolute Gasteiger partial charge is 0.371 e. The molecule has 170 valence electrons. The van der Waals surface area contributed by atoms with E-state index >= 15 is 0 Å². The van der Waals surface area contributed by atoms with Crippen molar-refractivity contribution in [2.24, 2.45) is 5.92 Å². The molecular formula is C27H34FN3O. The fraction of sp³-hybridized carbons (Fsp3) is 0.444. The number of amides is 1. The Bertz CT molecular complexity index is 1050. The molecule has 1 fully saturated rings. The Morgan fingerprint density at radius 2 is 1.88 bits per heavy atom. The molecule has 0 bridgehead atoms. The van der Waals surface area contributed by atoms with Crippen LogP contribution in [-0.4, -0.2) is 42.0 Å². The first-order valence-corrected chi connectivity index (χ1v) is 12.0. The Kier molecular flexibility index (Phi) is 7.13. The van der Waals surface area contributed by atoms with Crippen molar-refractivity contribution < 1.29 is 9.18 Å². The van der Waals surface area contributed by atoms with Crippen LogP contribution in [0.15, 0.2) is 48.5 Å². The lowest BCUT2D eigenvalue weighted by molar-refractivity contribution is -0.130. The van der Waals surface area contributed by atoms with Gasteiger partial charge in [0, 0.05) is 54.9 Å². The summed E-state index contributed by atoms with van der Waals surface area (Å²) in [5.41, 5.74) is 4.32. The van der Waals surface area contributed by atoms with Crippen molar-refractivity contribution >= 4 is 22.5 Å². The number of carbonyl (C=O) groups is 1. The van der Waals surface area contributed by atoms with E-state index in [1.165, 1.54) is 24.6 Å². The van der Waals surface area contributed by atoms with E-state index in [-0.39, 0.29) is 5.82 Å². The van der Waals surface area contributed by atoms with Gasteiger partial charge >= 0.3 is 0 Å². The van der Waals surface area contributed by atoms with E-state index in [1.54, 1.807) is 12.1 Å². The van der Waals surface area contributed by atoms with Gasteiger partial charge in [0.25, 0.3) is 0 Å². The molecule has 1 saturated heterocycles. The number of fused-ring (bicyclic) bond motifs is 1. The van der Waals surface area contributed by atoms with Crippen molar-refractivity contribution in [2.75, 3.05) is 31.1 Å². The zero-order valence-corrected chi connectivity index (χ0v) is 19.2. The van der Waals surface area contributed by atoms with Gasteiger partial charge in [-0.15, -0.1) is 0 Å². The summed E-state index contributed by atoms with van der Waals surface area (Å²) in [6, 6.07) is 15.5. The van der Waals surface area contributed by atoms with Gasteiger partial charge < -0.3 is 14.8 Å². The molecule has 0 aliphatic carbocycles. The summed E-state index contributed by atoms with van der Waals surface area (Å²) in [6.07, 6.45) is 5.17. The van der Waals surface area contributed by atoms with E-state index in [0.29, 0.717) is 18.2 Å². The fourth-order valence-corrected chi connectivity index (χ4v) is 4.89. The summed E-state index contributed by atoms with van der Waals surface area (Å²) in [7, 11) is 0. The van der Waals surface area contributed by atoms with E-state index < -0.39 is 0 Å². The number of nitrogens with zero attached hydrogens (tertiary/aromatic N) is 2. The van der Waals surface area contributed by atoms with Gasteiger partial charge in [0.1, 0.15) is 5.82 Å². The molecule has 0 saturated carbocycles. The third-order valence-corrected chi connectivity index (χ3v) is 6.84. The van der Waals surface area contributed by atoms with Crippen LogP contribution in [0.3, 0.4) is 0 Å². The van der Waals surface area contributed by atoms with E-state index in [0.717, 1.165) is 61.2 Å². The number of hydrogen-bond donors (Lipinski definition) is 1. The standard InChI is InChI=1S/C27H34FN3O/c1-3-30(4-2)27(32)10-5-7-20-13-15-31(16-14-20)24-9-6-8-21(18-24)26-19-22-17-23(28)11-12-25(22)29-26/h6,8-9,11-12,17-20,29H,3-5,7,10,13-16H2,1-2H3. The first kappa shape index (κ1) is 22.4. The summed E-state index contributed by atoms with van der Waals surface area (Å²) in [5, 5.41) is 0.894. The minimum atomic E-state index is -0.211. The zero-order chi connectivity index (χ0) is 22.5. The third-order valence-electron chi connectivity index (χ3n) is 6.84. The number of hydrogen-bond acceptors (Lipinski definition) is 2. The van der Waals surface area contributed by atoms with Crippen molar-refractivity contribution in [1.82, 2.24) is 9.88 Å². The molecule has 1 aliphatic rings. The second-order valence-corrected chi connectivity index (χ2v) is 8.85. The molecule has 0 radical (unpaired) electrons. The second-order valence-electron chi connectivity index (χ2n) is 8.85. The minimum absolute atomic E-state index is 0.211. The second kappa shape index (κ2) is 10.2. The molecule has 2 aromatic carbocycles. The molecule has 0 unspecified atom stereocenters. The van der Waals surface area contributed by atoms with Gasteiger partial charge in [0.2, 0.25) is 5.91 Å². The van der Waals surface area contributed by atoms with Crippen LogP contribution in [0.25, 0.3) is 22.2 Å². The van der Waals surface area contributed by atoms with Crippen molar-refractivity contribution in [2.45, 2.75) is 46.0 Å². The number of nitrogens with one attached hydrogen (secondary N) is 1. The first-order chi connectivity index (χ1) is 15.6. The van der Waals surface area contributed by atoms with Crippen LogP contribution in [0, 0.1) is 11.7 Å². The maximum Gasteiger partial charge on any atom is 0.222 e. The molecule has 4 rings (SSSR count). The molecular weight excluding hydrogens is 401 g/mol. The van der Waals surface area contributed by atoms with Crippen molar-refractivity contribution in [3.8, 4) is 11.3 Å². The molecule has 0 atom stereocenters. The number of H-pyrrole nitrogens is 1. The summed E-state index contributed by atoms with van der Waals surface area (Å²) in [4.78, 5) is 20.0. The quantitative estimate of drug-likeness (QED) is 0.456. The van der Waals surface area contributed by atoms with Gasteiger partial charge in [-0.2, -0.15) is 0 Å². The number of benzene rings is 2. The van der Waals surface area contributed by atoms with Crippen LogP contribution in [0.4, 0.5) is 10.1 Å². The molecule has 4 nitrogen and oxygen atoms in total. The Morgan fingerprint density at radius 1 is 1.09 bits per heavy atom. The smallest absolute Gasteiger partial charge is 0.222 e. The Hall–Kier alpha value is -2.82. The normalized spacial score (nSPS) is 14.8. The van der Waals surface area contributed by atoms with E-state index in [9.17, 15) is 9.18 Å². The predicted octanol–water partition coefficient (Wildman–Crippen LogP) is 6.23. The van der Waals surface area contributed by atoms with Crippen LogP contribution in [-0.2, 0) is 4.79 Å². The van der Waals surface area contributed by atoms with Crippen molar-refractivity contribution in [3.05, 3.63) is 54.3 Å². The zero-order valence-electron chi connectivity index (χ0n) is 19.2. The molecule has 32 heavy (non-hydrogen) atoms. The summed E-state index contributed by atoms with van der Waals surface area (Å²) < 4.78 is 13.5. The summed E-state index contributed by atoms with van der Waals surface area (Å²) in [6.45, 7) is 7.81. The van der Waals surface area contributed by atoms with Crippen LogP contribution >= 0.6 is 0 Å². The molecule has 0 spiro atoms. The number of rotatable bonds is 8. The highest BCUT2D eigenvalue weighted by Gasteiger charge is 2.20. The molecule has 1 amide bonds. The molecule has 1 aromatic heterocycles. The lowest BCUT2D eigenvalue weighted by Crippen LogP contribution is -2.34. The molecule has 1 N–H and O–H groups in total. The maximum absolute atomic E-state index is 13.5. The average Bonchev–Trinajstić information content (AvgIpc) is 3.24. The molecule has 3 aromatic rings. The SMILES string of the molecule is CCN(CC)C(=O)CCCC1CCN(c2cccc(-c3cc4cc(F)ccc4[nH]3)c2)CC1. The highest BCUT2D eigenvalue weighted by atomic mass is 19.1. The molecule has 1 aliphatic heterocycles. The van der Waals surface area contributed by atoms with Gasteiger partial charge in [-0.1, -0.05) is 12.1 Å². The van der Waals surface area contributed by atoms with Gasteiger partial charge in [-0.3, -0.25) is 4.79 Å². The Labute approximate surface area is 190 Å². The molecule has 2 heterocycles. The highest BCUT2D eigenvalue weighted by molar-refractivity contribution is 5.86. The van der Waals surface area contributed by atoms with Crippen molar-refractivity contribution in [3.63, 3.8) is 0 Å². The Balaban J connectivity index is 1.32. The predicted molar refractivity (Wildman–Crippen MR) is 130 cm³/mol. The minimum Gasteiger partial charge on any atom is -0.371 e. The van der Waals surface area contributed by atoms with E-state index in [4.69, 9.17) is 0 Å². The summed E-state index contributed by atoms with van der Waals surface area (Å²) >= 11 is 0. The van der Waals surface area contributed by atoms with Crippen LogP contribution in [0.5, 0.6) is 0 Å². The topological polar surface area (TPSA) is 39.3 Å². The highest BCUT2D eigenvalue weighted by Crippen LogP contribution is 2.31. The van der Waals surface area contributed by atoms with Crippen molar-refractivity contribution in [1.29, 1.82) is 0 Å². The van der Waals surface area contributed by atoms with Gasteiger partial charge in [-0.05, 0) is 87.4 Å². The number of aromatic amines is 1. The number of anilines is 1. The lowest BCUT2D eigenvalue weighted by atomic mass is 9.91. The monoisotopic (exact) mass is 435 g/mol. The number of piperidine rings is 1. The lowest BCUT2D eigenvalue weighted by Gasteiger charge is -2.34. The number of carbonyl (C=O) groups excluding carboxylic acids is 1. The number of aromatic nitrogens is 1. The summed E-state index contributed by atoms with van der Waals surface area (Å²) in [5.74, 6) is 0.795. The first-order valence-electron chi connectivity index (χ1n) is 12.0. The number of halogens is 1. The van der Waals surface area contributed by atoms with Crippen LogP contribution < -0.4 is 4.90 Å². The van der Waals surface area contributed by atoms with E-state index in [1.807, 2.05) is 24.8 Å². The van der Waals surface area contributed by atoms with Gasteiger partial charge in [-0.25, -0.2) is 4.39 Å². The van der Waals surface area contributed by atoms with Crippen LogP contribution in [0.2, 0.25) is 0 Å². The van der Waals surface area contributed by atoms with E-state index in [2.05, 4.69) is 34.1 Å².